The first-order chi connectivity index (χ1) is 10.3. The first kappa shape index (κ1) is 15.8. The van der Waals surface area contributed by atoms with E-state index in [1.165, 1.54) is 0 Å². The third-order valence-electron chi connectivity index (χ3n) is 2.83. The molecule has 1 aromatic rings. The van der Waals surface area contributed by atoms with Crippen LogP contribution < -0.4 is 10.5 Å². The van der Waals surface area contributed by atoms with Gasteiger partial charge in [-0.25, -0.2) is 9.79 Å². The van der Waals surface area contributed by atoms with Crippen molar-refractivity contribution in [2.24, 2.45) is 16.1 Å². The van der Waals surface area contributed by atoms with Crippen molar-refractivity contribution in [1.29, 1.82) is 0 Å². The predicted octanol–water partition coefficient (Wildman–Crippen LogP) is 1.89. The SMILES string of the molecule is CC(C)(C)C1=N/C(=C\c2ccc(OCC(N)=O)cc2)C(=O)O1. The van der Waals surface area contributed by atoms with Crippen molar-refractivity contribution in [2.45, 2.75) is 20.8 Å². The molecule has 1 aliphatic rings. The zero-order valence-electron chi connectivity index (χ0n) is 12.8. The number of esters is 1. The molecule has 0 saturated heterocycles. The minimum Gasteiger partial charge on any atom is -0.484 e. The van der Waals surface area contributed by atoms with E-state index in [0.29, 0.717) is 11.6 Å². The normalized spacial score (nSPS) is 16.4. The monoisotopic (exact) mass is 302 g/mol. The Hall–Kier alpha value is -2.63. The van der Waals surface area contributed by atoms with Crippen molar-refractivity contribution < 1.29 is 19.1 Å². The van der Waals surface area contributed by atoms with Gasteiger partial charge in [0.15, 0.2) is 12.3 Å². The number of cyclic esters (lactones) is 1. The fourth-order valence-electron chi connectivity index (χ4n) is 1.70. The van der Waals surface area contributed by atoms with Gasteiger partial charge in [0.1, 0.15) is 5.75 Å². The number of carbonyl (C=O) groups is 2. The maximum atomic E-state index is 11.8. The van der Waals surface area contributed by atoms with Gasteiger partial charge in [-0.3, -0.25) is 4.79 Å². The number of hydrogen-bond donors (Lipinski definition) is 1. The number of rotatable bonds is 4. The van der Waals surface area contributed by atoms with Gasteiger partial charge >= 0.3 is 5.97 Å². The van der Waals surface area contributed by atoms with E-state index in [1.54, 1.807) is 30.3 Å². The molecule has 1 amide bonds. The lowest BCUT2D eigenvalue weighted by molar-refractivity contribution is -0.130. The molecule has 1 aromatic carbocycles. The average Bonchev–Trinajstić information content (AvgIpc) is 2.79. The van der Waals surface area contributed by atoms with Gasteiger partial charge in [-0.05, 0) is 23.8 Å². The van der Waals surface area contributed by atoms with E-state index in [1.807, 2.05) is 20.8 Å². The quantitative estimate of drug-likeness (QED) is 0.679. The van der Waals surface area contributed by atoms with Crippen LogP contribution in [-0.4, -0.2) is 24.4 Å². The summed E-state index contributed by atoms with van der Waals surface area (Å²) in [4.78, 5) is 26.7. The van der Waals surface area contributed by atoms with Crippen molar-refractivity contribution in [3.8, 4) is 5.75 Å². The number of ether oxygens (including phenoxy) is 2. The van der Waals surface area contributed by atoms with Crippen LogP contribution in [0.1, 0.15) is 26.3 Å². The maximum absolute atomic E-state index is 11.8. The number of amides is 1. The lowest BCUT2D eigenvalue weighted by Gasteiger charge is -2.15. The lowest BCUT2D eigenvalue weighted by Crippen LogP contribution is -2.21. The fraction of sp³-hybridized carbons (Fsp3) is 0.312. The van der Waals surface area contributed by atoms with Crippen LogP contribution in [0, 0.1) is 5.41 Å². The summed E-state index contributed by atoms with van der Waals surface area (Å²) in [5, 5.41) is 0. The van der Waals surface area contributed by atoms with Crippen LogP contribution in [0.5, 0.6) is 5.75 Å². The second-order valence-electron chi connectivity index (χ2n) is 5.91. The molecule has 116 valence electrons. The second kappa shape index (κ2) is 6.01. The van der Waals surface area contributed by atoms with E-state index < -0.39 is 11.9 Å². The molecule has 0 radical (unpaired) electrons. The lowest BCUT2D eigenvalue weighted by atomic mass is 9.97. The van der Waals surface area contributed by atoms with E-state index in [9.17, 15) is 9.59 Å². The number of nitrogens with zero attached hydrogens (tertiary/aromatic N) is 1. The molecule has 2 rings (SSSR count). The standard InChI is InChI=1S/C16H18N2O4/c1-16(2,3)15-18-12(14(20)22-15)8-10-4-6-11(7-5-10)21-9-13(17)19/h4-8H,9H2,1-3H3,(H2,17,19)/b12-8-. The third kappa shape index (κ3) is 3.94. The number of aliphatic imine (C=N–C) groups is 1. The Bertz CT molecular complexity index is 652. The largest absolute Gasteiger partial charge is 0.484 e. The van der Waals surface area contributed by atoms with E-state index in [2.05, 4.69) is 4.99 Å². The number of hydrogen-bond acceptors (Lipinski definition) is 5. The Kier molecular flexibility index (Phi) is 4.30. The average molecular weight is 302 g/mol. The van der Waals surface area contributed by atoms with Crippen molar-refractivity contribution in [3.05, 3.63) is 35.5 Å². The molecular formula is C16H18N2O4. The summed E-state index contributed by atoms with van der Waals surface area (Å²) in [6, 6.07) is 6.87. The van der Waals surface area contributed by atoms with Crippen molar-refractivity contribution >= 4 is 23.9 Å². The molecule has 0 atom stereocenters. The zero-order chi connectivity index (χ0) is 16.3. The third-order valence-corrected chi connectivity index (χ3v) is 2.83. The highest BCUT2D eigenvalue weighted by Gasteiger charge is 2.31. The topological polar surface area (TPSA) is 91.0 Å². The first-order valence-corrected chi connectivity index (χ1v) is 6.80. The van der Waals surface area contributed by atoms with E-state index in [-0.39, 0.29) is 17.7 Å². The van der Waals surface area contributed by atoms with Gasteiger partial charge < -0.3 is 15.2 Å². The smallest absolute Gasteiger partial charge is 0.363 e. The maximum Gasteiger partial charge on any atom is 0.363 e. The van der Waals surface area contributed by atoms with Gasteiger partial charge in [0, 0.05) is 5.41 Å². The number of primary amides is 1. The van der Waals surface area contributed by atoms with Gasteiger partial charge in [-0.1, -0.05) is 32.9 Å². The van der Waals surface area contributed by atoms with Gasteiger partial charge in [0.05, 0.1) is 0 Å². The van der Waals surface area contributed by atoms with Crippen molar-refractivity contribution in [1.82, 2.24) is 0 Å². The minimum absolute atomic E-state index is 0.175. The predicted molar refractivity (Wildman–Crippen MR) is 82.1 cm³/mol. The van der Waals surface area contributed by atoms with Crippen LogP contribution in [0.15, 0.2) is 35.0 Å². The Balaban J connectivity index is 2.14. The fourth-order valence-corrected chi connectivity index (χ4v) is 1.70. The number of nitrogens with two attached hydrogens (primary N) is 1. The molecule has 22 heavy (non-hydrogen) atoms. The zero-order valence-corrected chi connectivity index (χ0v) is 12.8. The molecule has 0 unspecified atom stereocenters. The first-order valence-electron chi connectivity index (χ1n) is 6.80. The molecule has 6 heteroatoms. The van der Waals surface area contributed by atoms with Crippen LogP contribution >= 0.6 is 0 Å². The molecule has 0 aromatic heterocycles. The summed E-state index contributed by atoms with van der Waals surface area (Å²) in [5.41, 5.74) is 5.72. The van der Waals surface area contributed by atoms with Crippen molar-refractivity contribution in [3.63, 3.8) is 0 Å². The minimum atomic E-state index is -0.538. The summed E-state index contributed by atoms with van der Waals surface area (Å²) in [6.07, 6.45) is 1.64. The molecule has 2 N–H and O–H groups in total. The Morgan fingerprint density at radius 2 is 1.95 bits per heavy atom. The van der Waals surface area contributed by atoms with Gasteiger partial charge in [0.2, 0.25) is 5.90 Å². The highest BCUT2D eigenvalue weighted by Crippen LogP contribution is 2.26. The number of benzene rings is 1. The molecule has 1 heterocycles. The van der Waals surface area contributed by atoms with E-state index in [4.69, 9.17) is 15.2 Å². The van der Waals surface area contributed by atoms with Crippen LogP contribution in [0.3, 0.4) is 0 Å². The summed E-state index contributed by atoms with van der Waals surface area (Å²) < 4.78 is 10.3. The summed E-state index contributed by atoms with van der Waals surface area (Å²) in [7, 11) is 0. The summed E-state index contributed by atoms with van der Waals surface area (Å²) in [6.45, 7) is 5.60. The highest BCUT2D eigenvalue weighted by atomic mass is 16.6. The number of carbonyl (C=O) groups excluding carboxylic acids is 2. The van der Waals surface area contributed by atoms with Gasteiger partial charge in [0.25, 0.3) is 5.91 Å². The highest BCUT2D eigenvalue weighted by molar-refractivity contribution is 6.08. The van der Waals surface area contributed by atoms with Crippen LogP contribution in [-0.2, 0) is 14.3 Å². The Morgan fingerprint density at radius 1 is 1.32 bits per heavy atom. The molecule has 0 bridgehead atoms. The molecule has 0 fully saturated rings. The molecular weight excluding hydrogens is 284 g/mol. The van der Waals surface area contributed by atoms with Crippen molar-refractivity contribution in [2.75, 3.05) is 6.61 Å². The van der Waals surface area contributed by atoms with E-state index >= 15 is 0 Å². The second-order valence-corrected chi connectivity index (χ2v) is 5.91. The van der Waals surface area contributed by atoms with Crippen LogP contribution in [0.2, 0.25) is 0 Å². The molecule has 0 spiro atoms. The summed E-state index contributed by atoms with van der Waals surface area (Å²) >= 11 is 0. The molecule has 1 aliphatic heterocycles. The molecule has 6 nitrogen and oxygen atoms in total. The summed E-state index contributed by atoms with van der Waals surface area (Å²) in [5.74, 6) is -0.0677. The molecule has 0 aliphatic carbocycles. The van der Waals surface area contributed by atoms with Crippen LogP contribution in [0.4, 0.5) is 0 Å². The Labute approximate surface area is 128 Å². The van der Waals surface area contributed by atoms with Gasteiger partial charge in [-0.2, -0.15) is 0 Å². The van der Waals surface area contributed by atoms with E-state index in [0.717, 1.165) is 5.56 Å². The van der Waals surface area contributed by atoms with Gasteiger partial charge in [-0.15, -0.1) is 0 Å². The van der Waals surface area contributed by atoms with Crippen LogP contribution in [0.25, 0.3) is 6.08 Å². The molecule has 0 saturated carbocycles. The Morgan fingerprint density at radius 3 is 2.45 bits per heavy atom.